The molecule has 0 aliphatic rings. The maximum absolute atomic E-state index is 8.39. The fourth-order valence-corrected chi connectivity index (χ4v) is 0.986. The molecular weight excluding hydrogens is 261 g/mol. The molecule has 1 aromatic rings. The predicted octanol–water partition coefficient (Wildman–Crippen LogP) is 2.36. The van der Waals surface area contributed by atoms with Crippen molar-refractivity contribution in [3.63, 3.8) is 0 Å². The number of rotatable bonds is 3. The maximum atomic E-state index is 8.39. The molecule has 16 heavy (non-hydrogen) atoms. The van der Waals surface area contributed by atoms with Crippen molar-refractivity contribution in [1.82, 2.24) is 0 Å². The van der Waals surface area contributed by atoms with Gasteiger partial charge in [-0.2, -0.15) is 0 Å². The van der Waals surface area contributed by atoms with Crippen LogP contribution in [0.3, 0.4) is 0 Å². The first-order chi connectivity index (χ1) is 7.35. The van der Waals surface area contributed by atoms with Crippen LogP contribution in [0.5, 0.6) is 0 Å². The molecular formula is C10H18NO2PS2. The molecule has 2 atom stereocenters. The summed E-state index contributed by atoms with van der Waals surface area (Å²) < 4.78 is 4.28. The van der Waals surface area contributed by atoms with E-state index in [2.05, 4.69) is 40.7 Å². The van der Waals surface area contributed by atoms with Crippen LogP contribution in [-0.4, -0.2) is 18.0 Å². The Morgan fingerprint density at radius 1 is 1.50 bits per heavy atom. The molecule has 3 N–H and O–H groups in total. The molecule has 0 saturated heterocycles. The second-order valence-corrected chi connectivity index (χ2v) is 8.61. The largest absolute Gasteiger partial charge is 0.338 e. The average Bonchev–Trinajstić information content (AvgIpc) is 2.18. The van der Waals surface area contributed by atoms with Crippen LogP contribution in [0.1, 0.15) is 12.5 Å². The molecule has 0 radical (unpaired) electrons. The van der Waals surface area contributed by atoms with Crippen LogP contribution in [0.2, 0.25) is 0 Å². The van der Waals surface area contributed by atoms with Crippen molar-refractivity contribution < 1.29 is 9.42 Å². The zero-order chi connectivity index (χ0) is 12.6. The molecule has 0 spiro atoms. The molecule has 0 aliphatic heterocycles. The quantitative estimate of drug-likeness (QED) is 0.587. The van der Waals surface area contributed by atoms with Crippen LogP contribution < -0.4 is 5.73 Å². The number of benzene rings is 1. The van der Waals surface area contributed by atoms with E-state index in [-0.39, 0.29) is 6.04 Å². The molecule has 1 rings (SSSR count). The lowest BCUT2D eigenvalue weighted by molar-refractivity contribution is 0.405. The van der Waals surface area contributed by atoms with Gasteiger partial charge in [0.15, 0.2) is 0 Å². The smallest absolute Gasteiger partial charge is 0.241 e. The first kappa shape index (κ1) is 16.1. The third-order valence-corrected chi connectivity index (χ3v) is 3.05. The number of nitrogens with two attached hydrogens (primary N) is 1. The molecule has 1 aromatic carbocycles. The molecule has 0 aliphatic carbocycles. The highest BCUT2D eigenvalue weighted by Gasteiger charge is 1.97. The second-order valence-electron chi connectivity index (χ2n) is 3.34. The van der Waals surface area contributed by atoms with Gasteiger partial charge in [0.25, 0.3) is 0 Å². The summed E-state index contributed by atoms with van der Waals surface area (Å²) in [5.74, 6) is 0. The van der Waals surface area contributed by atoms with Gasteiger partial charge in [-0.25, -0.2) is 0 Å². The lowest BCUT2D eigenvalue weighted by Gasteiger charge is -2.02. The molecule has 0 bridgehead atoms. The van der Waals surface area contributed by atoms with Crippen LogP contribution >= 0.6 is 17.9 Å². The van der Waals surface area contributed by atoms with Crippen molar-refractivity contribution in [2.75, 3.05) is 7.11 Å². The van der Waals surface area contributed by atoms with Gasteiger partial charge in [-0.3, -0.25) is 0 Å². The summed E-state index contributed by atoms with van der Waals surface area (Å²) in [5.41, 5.74) is 4.32. The normalized spacial score (nSPS) is 15.6. The standard InChI is InChI=1S/C9H13N.CH5O2PS2/c1-8(10)7-9-5-3-2-4-6-9;1-3-4(2,5)6/h2-6,8H,7,10H2,1H3;1H3,(H2,2,5,6). The summed E-state index contributed by atoms with van der Waals surface area (Å²) in [6.45, 7) is 2.02. The van der Waals surface area contributed by atoms with E-state index in [4.69, 9.17) is 10.6 Å². The van der Waals surface area contributed by atoms with Crippen LogP contribution in [0.25, 0.3) is 0 Å². The van der Waals surface area contributed by atoms with Gasteiger partial charge in [0.05, 0.1) is 0 Å². The van der Waals surface area contributed by atoms with Gasteiger partial charge in [0.2, 0.25) is 5.69 Å². The van der Waals surface area contributed by atoms with E-state index in [1.165, 1.54) is 12.7 Å². The monoisotopic (exact) mass is 279 g/mol. The molecule has 2 unspecified atom stereocenters. The Labute approximate surface area is 107 Å². The lowest BCUT2D eigenvalue weighted by Crippen LogP contribution is -2.17. The Balaban J connectivity index is 0.000000325. The van der Waals surface area contributed by atoms with E-state index >= 15 is 0 Å². The summed E-state index contributed by atoms with van der Waals surface area (Å²) in [6.07, 6.45) is 0.973. The fraction of sp³-hybridized carbons (Fsp3) is 0.400. The molecule has 3 nitrogen and oxygen atoms in total. The van der Waals surface area contributed by atoms with Gasteiger partial charge >= 0.3 is 0 Å². The molecule has 0 aromatic heterocycles. The maximum Gasteiger partial charge on any atom is 0.241 e. The van der Waals surface area contributed by atoms with Crippen LogP contribution in [0.4, 0.5) is 0 Å². The summed E-state index contributed by atoms with van der Waals surface area (Å²) >= 11 is 7.81. The highest BCUT2D eigenvalue weighted by atomic mass is 32.9. The van der Waals surface area contributed by atoms with E-state index in [1.807, 2.05) is 25.1 Å². The molecule has 6 heteroatoms. The highest BCUT2D eigenvalue weighted by Crippen LogP contribution is 2.45. The van der Waals surface area contributed by atoms with Crippen LogP contribution in [-0.2, 0) is 22.8 Å². The number of hydrogen-bond acceptors (Lipinski definition) is 3. The minimum absolute atomic E-state index is 0.266. The first-order valence-corrected chi connectivity index (χ1v) is 8.58. The molecule has 0 amide bonds. The van der Waals surface area contributed by atoms with E-state index in [0.717, 1.165) is 6.42 Å². The van der Waals surface area contributed by atoms with Crippen molar-refractivity contribution in [2.24, 2.45) is 5.73 Å². The van der Waals surface area contributed by atoms with Gasteiger partial charge in [0.1, 0.15) is 0 Å². The van der Waals surface area contributed by atoms with Crippen molar-refractivity contribution in [1.29, 1.82) is 0 Å². The van der Waals surface area contributed by atoms with Gasteiger partial charge in [-0.15, -0.1) is 0 Å². The fourth-order valence-electron chi connectivity index (χ4n) is 0.986. The summed E-state index contributed by atoms with van der Waals surface area (Å²) in [7, 11) is 1.33. The first-order valence-electron chi connectivity index (χ1n) is 4.76. The molecule has 0 fully saturated rings. The van der Waals surface area contributed by atoms with Crippen molar-refractivity contribution in [2.45, 2.75) is 19.4 Å². The molecule has 0 saturated carbocycles. The van der Waals surface area contributed by atoms with Crippen molar-refractivity contribution in [3.8, 4) is 0 Å². The van der Waals surface area contributed by atoms with Gasteiger partial charge in [-0.1, -0.05) is 42.6 Å². The van der Waals surface area contributed by atoms with E-state index in [0.29, 0.717) is 0 Å². The summed E-state index contributed by atoms with van der Waals surface area (Å²) in [4.78, 5) is 8.39. The van der Waals surface area contributed by atoms with Gasteiger partial charge in [0, 0.05) is 13.2 Å². The number of hydrogen-bond donors (Lipinski definition) is 3. The van der Waals surface area contributed by atoms with Crippen molar-refractivity contribution >= 4 is 29.7 Å². The minimum Gasteiger partial charge on any atom is -0.338 e. The van der Waals surface area contributed by atoms with E-state index in [9.17, 15) is 0 Å². The average molecular weight is 279 g/mol. The second kappa shape index (κ2) is 8.23. The molecule has 92 valence electrons. The Hall–Kier alpha value is 0.1000. The SMILES string of the molecule is CC(N)Cc1ccccc1.COP(O)(=S)S. The zero-order valence-electron chi connectivity index (χ0n) is 9.41. The Morgan fingerprint density at radius 2 is 1.94 bits per heavy atom. The Kier molecular flexibility index (Phi) is 8.28. The van der Waals surface area contributed by atoms with Gasteiger partial charge in [-0.05, 0) is 30.7 Å². The van der Waals surface area contributed by atoms with Crippen LogP contribution in [0.15, 0.2) is 30.3 Å². The predicted molar refractivity (Wildman–Crippen MR) is 76.3 cm³/mol. The Bertz CT molecular complexity index is 327. The van der Waals surface area contributed by atoms with E-state index in [1.54, 1.807) is 0 Å². The van der Waals surface area contributed by atoms with Gasteiger partial charge < -0.3 is 15.2 Å². The van der Waals surface area contributed by atoms with E-state index < -0.39 is 5.69 Å². The lowest BCUT2D eigenvalue weighted by atomic mass is 10.1. The third kappa shape index (κ3) is 10.6. The topological polar surface area (TPSA) is 55.5 Å². The Morgan fingerprint density at radius 3 is 2.25 bits per heavy atom. The molecule has 0 heterocycles. The summed E-state index contributed by atoms with van der Waals surface area (Å²) in [6, 6.07) is 10.6. The third-order valence-electron chi connectivity index (χ3n) is 1.64. The summed E-state index contributed by atoms with van der Waals surface area (Å²) in [5, 5.41) is 0. The zero-order valence-corrected chi connectivity index (χ0v) is 12.0. The van der Waals surface area contributed by atoms with Crippen molar-refractivity contribution in [3.05, 3.63) is 35.9 Å². The van der Waals surface area contributed by atoms with Crippen LogP contribution in [0, 0.1) is 0 Å². The number of thiol groups is 1. The minimum atomic E-state index is -2.62. The highest BCUT2D eigenvalue weighted by molar-refractivity contribution is 8.59.